The third-order valence-corrected chi connectivity index (χ3v) is 7.30. The van der Waals surface area contributed by atoms with Crippen LogP contribution < -0.4 is 9.79 Å². The average molecular weight is 644 g/mol. The molecule has 2 radical (unpaired) electrons. The predicted molar refractivity (Wildman–Crippen MR) is 146 cm³/mol. The van der Waals surface area contributed by atoms with Crippen LogP contribution in [-0.4, -0.2) is 126 Å². The Kier molecular flexibility index (Phi) is 23.4. The zero-order valence-electron chi connectivity index (χ0n) is 24.1. The molecular weight excluding hydrogens is 601 g/mol. The third-order valence-electron chi connectivity index (χ3n) is 5.34. The largest absolute Gasteiger partial charge is 0.756 e. The van der Waals surface area contributed by atoms with Gasteiger partial charge >= 0.3 is 0 Å². The number of unbranched alkanes of at least 4 members (excludes halogenated alkanes) is 2. The van der Waals surface area contributed by atoms with Gasteiger partial charge in [-0.1, -0.05) is 0 Å². The predicted octanol–water partition coefficient (Wildman–Crippen LogP) is 0.175. The Bertz CT molecular complexity index is 802. The van der Waals surface area contributed by atoms with Crippen molar-refractivity contribution >= 4 is 23.5 Å². The minimum absolute atomic E-state index is 0.0356. The van der Waals surface area contributed by atoms with Gasteiger partial charge in [0.1, 0.15) is 14.0 Å². The van der Waals surface area contributed by atoms with Crippen LogP contribution in [0.25, 0.3) is 0 Å². The summed E-state index contributed by atoms with van der Waals surface area (Å²) in [6.45, 7) is 2.11. The van der Waals surface area contributed by atoms with Crippen molar-refractivity contribution in [3.05, 3.63) is 0 Å². The van der Waals surface area contributed by atoms with Gasteiger partial charge in [-0.15, -0.1) is 12.3 Å². The highest BCUT2D eigenvalue weighted by Gasteiger charge is 2.33. The zero-order valence-corrected chi connectivity index (χ0v) is 25.9. The lowest BCUT2D eigenvalue weighted by molar-refractivity contribution is -0.229. The number of hydrogen-bond acceptors (Lipinski definition) is 15. The van der Waals surface area contributed by atoms with E-state index in [1.807, 2.05) is 0 Å². The summed E-state index contributed by atoms with van der Waals surface area (Å²) in [6.07, 6.45) is 6.43. The molecule has 0 spiro atoms. The molecule has 0 aromatic rings. The smallest absolute Gasteiger partial charge is 0.268 e. The summed E-state index contributed by atoms with van der Waals surface area (Å²) in [5.41, 5.74) is 0. The molecule has 0 aliphatic carbocycles. The van der Waals surface area contributed by atoms with Gasteiger partial charge in [0.25, 0.3) is 15.6 Å². The van der Waals surface area contributed by atoms with Crippen LogP contribution in [0.4, 0.5) is 0 Å². The molecular formula is C24H43BO15P2-2. The summed E-state index contributed by atoms with van der Waals surface area (Å²) < 4.78 is 79.5. The normalized spacial score (nSPS) is 21.6. The molecule has 0 N–H and O–H groups in total. The van der Waals surface area contributed by atoms with Gasteiger partial charge in [-0.05, 0) is 19.3 Å². The van der Waals surface area contributed by atoms with Gasteiger partial charge < -0.3 is 61.0 Å². The fourth-order valence-corrected chi connectivity index (χ4v) is 4.71. The average Bonchev–Trinajstić information content (AvgIpc) is 3.32. The van der Waals surface area contributed by atoms with Crippen molar-refractivity contribution in [1.82, 2.24) is 0 Å². The van der Waals surface area contributed by atoms with E-state index in [1.54, 1.807) is 0 Å². The second-order valence-corrected chi connectivity index (χ2v) is 11.5. The third kappa shape index (κ3) is 22.1. The molecule has 0 bridgehead atoms. The Labute approximate surface area is 249 Å². The molecule has 0 aromatic heterocycles. The first-order valence-corrected chi connectivity index (χ1v) is 16.6. The first-order valence-electron chi connectivity index (χ1n) is 13.7. The quantitative estimate of drug-likeness (QED) is 0.0465. The molecule has 1 saturated heterocycles. The summed E-state index contributed by atoms with van der Waals surface area (Å²) in [4.78, 5) is 23.4. The Morgan fingerprint density at radius 3 is 1.62 bits per heavy atom. The van der Waals surface area contributed by atoms with Crippen LogP contribution in [0.5, 0.6) is 0 Å². The summed E-state index contributed by atoms with van der Waals surface area (Å²) in [6, 6.07) is -0.527. The van der Waals surface area contributed by atoms with Gasteiger partial charge in [0, 0.05) is 19.5 Å². The molecule has 5 atom stereocenters. The lowest BCUT2D eigenvalue weighted by atomic mass is 9.96. The van der Waals surface area contributed by atoms with Crippen molar-refractivity contribution in [2.24, 2.45) is 0 Å². The molecule has 42 heavy (non-hydrogen) atoms. The van der Waals surface area contributed by atoms with Gasteiger partial charge in [0.05, 0.1) is 98.6 Å². The van der Waals surface area contributed by atoms with Crippen LogP contribution in [0.15, 0.2) is 0 Å². The number of terminal acetylenes is 1. The molecule has 0 aromatic carbocycles. The van der Waals surface area contributed by atoms with E-state index in [0.717, 1.165) is 0 Å². The van der Waals surface area contributed by atoms with E-state index in [1.165, 1.54) is 7.11 Å². The molecule has 1 aliphatic heterocycles. The highest BCUT2D eigenvalue weighted by molar-refractivity contribution is 7.46. The molecule has 0 saturated carbocycles. The van der Waals surface area contributed by atoms with Crippen molar-refractivity contribution in [2.45, 2.75) is 43.9 Å². The molecule has 5 unspecified atom stereocenters. The van der Waals surface area contributed by atoms with Crippen molar-refractivity contribution in [3.8, 4) is 12.3 Å². The first kappa shape index (κ1) is 39.6. The standard InChI is InChI=1S/C24H45BO15P2/c1-3-4-5-6-7-36-41(26,27)37-18-16-34-14-12-32-10-8-31-9-11-33-13-15-35-17-19-38-42(28,29)39-21-23-22(30-2)20-24(25)40-23/h1,22-24H,4-21H2,2H3,(H,26,27)(H,28,29)/p-2. The van der Waals surface area contributed by atoms with E-state index in [9.17, 15) is 18.9 Å². The van der Waals surface area contributed by atoms with Crippen LogP contribution in [0, 0.1) is 12.3 Å². The van der Waals surface area contributed by atoms with Crippen LogP contribution >= 0.6 is 15.6 Å². The highest BCUT2D eigenvalue weighted by Crippen LogP contribution is 2.39. The maximum Gasteiger partial charge on any atom is 0.268 e. The van der Waals surface area contributed by atoms with Crippen LogP contribution in [-0.2, 0) is 60.4 Å². The minimum Gasteiger partial charge on any atom is -0.756 e. The lowest BCUT2D eigenvalue weighted by Crippen LogP contribution is -2.29. The van der Waals surface area contributed by atoms with Gasteiger partial charge in [0.2, 0.25) is 0 Å². The van der Waals surface area contributed by atoms with Crippen molar-refractivity contribution in [2.75, 3.05) is 99.6 Å². The van der Waals surface area contributed by atoms with Gasteiger partial charge in [-0.25, -0.2) is 0 Å². The van der Waals surface area contributed by atoms with E-state index < -0.39 is 27.8 Å². The van der Waals surface area contributed by atoms with Crippen LogP contribution in [0.1, 0.15) is 25.7 Å². The Morgan fingerprint density at radius 1 is 0.738 bits per heavy atom. The summed E-state index contributed by atoms with van der Waals surface area (Å²) in [5.74, 6) is 2.47. The molecule has 1 fully saturated rings. The Hall–Kier alpha value is -0.435. The van der Waals surface area contributed by atoms with E-state index in [2.05, 4.69) is 5.92 Å². The van der Waals surface area contributed by atoms with Crippen LogP contribution in [0.3, 0.4) is 0 Å². The number of phosphoric ester groups is 2. The van der Waals surface area contributed by atoms with Crippen molar-refractivity contribution < 1.29 is 70.2 Å². The number of phosphoric acid groups is 2. The van der Waals surface area contributed by atoms with E-state index in [-0.39, 0.29) is 59.0 Å². The van der Waals surface area contributed by atoms with E-state index in [4.69, 9.17) is 65.5 Å². The molecule has 244 valence electrons. The van der Waals surface area contributed by atoms with Crippen molar-refractivity contribution in [1.29, 1.82) is 0 Å². The lowest BCUT2D eigenvalue weighted by Gasteiger charge is -2.25. The molecule has 0 amide bonds. The molecule has 1 rings (SSSR count). The maximum atomic E-state index is 11.8. The van der Waals surface area contributed by atoms with Crippen molar-refractivity contribution in [3.63, 3.8) is 0 Å². The summed E-state index contributed by atoms with van der Waals surface area (Å²) in [7, 11) is -1.69. The maximum absolute atomic E-state index is 11.8. The number of methoxy groups -OCH3 is 1. The molecule has 1 heterocycles. The Balaban J connectivity index is 1.81. The van der Waals surface area contributed by atoms with Gasteiger partial charge in [0.15, 0.2) is 0 Å². The molecule has 18 heteroatoms. The van der Waals surface area contributed by atoms with Crippen LogP contribution in [0.2, 0.25) is 0 Å². The fraction of sp³-hybridized carbons (Fsp3) is 0.917. The van der Waals surface area contributed by atoms with Gasteiger partial charge in [-0.3, -0.25) is 9.13 Å². The highest BCUT2D eigenvalue weighted by atomic mass is 31.2. The Morgan fingerprint density at radius 2 is 1.17 bits per heavy atom. The molecule has 15 nitrogen and oxygen atoms in total. The monoisotopic (exact) mass is 644 g/mol. The molecule has 1 aliphatic rings. The zero-order chi connectivity index (χ0) is 30.9. The second kappa shape index (κ2) is 24.8. The van der Waals surface area contributed by atoms with E-state index in [0.29, 0.717) is 65.3 Å². The van der Waals surface area contributed by atoms with Gasteiger partial charge in [-0.2, -0.15) is 0 Å². The number of rotatable bonds is 29. The minimum atomic E-state index is -4.51. The topological polar surface area (TPSA) is 182 Å². The summed E-state index contributed by atoms with van der Waals surface area (Å²) in [5, 5.41) is 0. The fourth-order valence-electron chi connectivity index (χ4n) is 3.29. The SMILES string of the molecule is [B]C1CC(OC)C(COP(=O)([O-])OCCOCCOCCOCCOCCOCCOP(=O)([O-])OCCCCC#C)O1. The second-order valence-electron chi connectivity index (χ2n) is 8.64. The van der Waals surface area contributed by atoms with E-state index >= 15 is 0 Å². The summed E-state index contributed by atoms with van der Waals surface area (Å²) >= 11 is 0. The first-order chi connectivity index (χ1) is 20.2. The number of hydrogen-bond donors (Lipinski definition) is 0. The number of ether oxygens (including phenoxy) is 7.